The molecule has 0 unspecified atom stereocenters. The number of nitrogens with two attached hydrogens (primary N) is 1. The first-order valence-electron chi connectivity index (χ1n) is 10.3. The number of benzene rings is 2. The van der Waals surface area contributed by atoms with E-state index in [4.69, 9.17) is 15.3 Å². The van der Waals surface area contributed by atoms with Crippen molar-refractivity contribution in [3.63, 3.8) is 0 Å². The molecule has 2 heterocycles. The molecular weight excluding hydrogens is 446 g/mol. The molecule has 1 aliphatic heterocycles. The average molecular weight is 468 g/mol. The van der Waals surface area contributed by atoms with Crippen LogP contribution in [0.25, 0.3) is 0 Å². The summed E-state index contributed by atoms with van der Waals surface area (Å²) < 4.78 is 33.1. The van der Waals surface area contributed by atoms with Gasteiger partial charge in [0.25, 0.3) is 0 Å². The largest absolute Gasteiger partial charge is 0.494 e. The highest BCUT2D eigenvalue weighted by Crippen LogP contribution is 2.38. The van der Waals surface area contributed by atoms with E-state index in [-0.39, 0.29) is 0 Å². The van der Waals surface area contributed by atoms with Crippen LogP contribution in [0.2, 0.25) is 0 Å². The third kappa shape index (κ3) is 4.74. The van der Waals surface area contributed by atoms with E-state index in [1.54, 1.807) is 18.2 Å². The van der Waals surface area contributed by atoms with Crippen LogP contribution in [0.15, 0.2) is 55.4 Å². The number of nitrogens with one attached hydrogen (secondary N) is 2. The van der Waals surface area contributed by atoms with Gasteiger partial charge in [-0.1, -0.05) is 12.6 Å². The zero-order valence-electron chi connectivity index (χ0n) is 18.2. The molecule has 0 aliphatic carbocycles. The Morgan fingerprint density at radius 2 is 2.09 bits per heavy atom. The molecule has 1 amide bonds. The molecule has 4 N–H and O–H groups in total. The van der Waals surface area contributed by atoms with E-state index in [9.17, 15) is 13.6 Å². The summed E-state index contributed by atoms with van der Waals surface area (Å²) in [6.45, 7) is 3.77. The van der Waals surface area contributed by atoms with Crippen LogP contribution in [0.3, 0.4) is 0 Å². The molecule has 2 aromatic carbocycles. The van der Waals surface area contributed by atoms with Gasteiger partial charge in [-0.2, -0.15) is 0 Å². The molecule has 1 aromatic heterocycles. The molecule has 1 aliphatic rings. The minimum Gasteiger partial charge on any atom is -0.494 e. The van der Waals surface area contributed by atoms with Crippen LogP contribution in [0.5, 0.6) is 5.75 Å². The summed E-state index contributed by atoms with van der Waals surface area (Å²) in [7, 11) is 1.48. The Balaban J connectivity index is 1.62. The highest BCUT2D eigenvalue weighted by atomic mass is 19.1. The highest BCUT2D eigenvalue weighted by molar-refractivity contribution is 6.01. The number of hydrogen-bond donors (Lipinski definition) is 3. The second kappa shape index (κ2) is 9.71. The Morgan fingerprint density at radius 1 is 1.26 bits per heavy atom. The van der Waals surface area contributed by atoms with Gasteiger partial charge in [-0.3, -0.25) is 9.63 Å². The Kier molecular flexibility index (Phi) is 6.55. The van der Waals surface area contributed by atoms with Crippen LogP contribution in [-0.2, 0) is 9.63 Å². The molecule has 0 saturated carbocycles. The Bertz CT molecular complexity index is 1240. The standard InChI is InChI=1S/C23H22F2N6O3/c1-3-23(32)30-17-10-18(20(33-2)9-16(17)26)29-21-11-22(28-12-27-21)31-19(6-7-34-31)14-5-4-13(24)8-15(14)25/h3-5,8-12,19H,1,6-7,26H2,2H3,(H,30,32)(H,27,28,29)/t19-/m1/s1. The molecule has 0 spiro atoms. The summed E-state index contributed by atoms with van der Waals surface area (Å²) in [5.74, 6) is -0.563. The molecule has 1 fully saturated rings. The quantitative estimate of drug-likeness (QED) is 0.351. The number of carbonyl (C=O) groups excluding carboxylic acids is 1. The minimum atomic E-state index is -0.659. The maximum Gasteiger partial charge on any atom is 0.247 e. The number of hydroxylamine groups is 1. The van der Waals surface area contributed by atoms with Crippen LogP contribution >= 0.6 is 0 Å². The Hall–Kier alpha value is -4.25. The van der Waals surface area contributed by atoms with Gasteiger partial charge >= 0.3 is 0 Å². The predicted molar refractivity (Wildman–Crippen MR) is 124 cm³/mol. The molecule has 3 aromatic rings. The zero-order valence-corrected chi connectivity index (χ0v) is 18.2. The minimum absolute atomic E-state index is 0.301. The smallest absolute Gasteiger partial charge is 0.247 e. The molecule has 1 saturated heterocycles. The molecular formula is C23H22F2N6O3. The summed E-state index contributed by atoms with van der Waals surface area (Å²) in [5.41, 5.74) is 7.44. The van der Waals surface area contributed by atoms with Gasteiger partial charge in [0.2, 0.25) is 5.91 Å². The maximum absolute atomic E-state index is 14.4. The lowest BCUT2D eigenvalue weighted by Gasteiger charge is -2.24. The van der Waals surface area contributed by atoms with Gasteiger partial charge in [-0.25, -0.2) is 23.8 Å². The second-order valence-electron chi connectivity index (χ2n) is 7.35. The molecule has 176 valence electrons. The van der Waals surface area contributed by atoms with Crippen LogP contribution in [0.1, 0.15) is 18.0 Å². The normalized spacial score (nSPS) is 15.1. The van der Waals surface area contributed by atoms with Crippen molar-refractivity contribution in [2.24, 2.45) is 0 Å². The van der Waals surface area contributed by atoms with Crippen molar-refractivity contribution in [3.05, 3.63) is 72.6 Å². The highest BCUT2D eigenvalue weighted by Gasteiger charge is 2.31. The number of hydrogen-bond acceptors (Lipinski definition) is 8. The fourth-order valence-electron chi connectivity index (χ4n) is 3.58. The number of nitrogen functional groups attached to an aromatic ring is 1. The lowest BCUT2D eigenvalue weighted by atomic mass is 10.0. The first-order valence-corrected chi connectivity index (χ1v) is 10.3. The number of anilines is 5. The van der Waals surface area contributed by atoms with Gasteiger partial charge < -0.3 is 21.1 Å². The number of aromatic nitrogens is 2. The van der Waals surface area contributed by atoms with Crippen LogP contribution in [0, 0.1) is 11.6 Å². The van der Waals surface area contributed by atoms with E-state index in [1.165, 1.54) is 30.6 Å². The van der Waals surface area contributed by atoms with E-state index in [2.05, 4.69) is 27.2 Å². The van der Waals surface area contributed by atoms with Crippen molar-refractivity contribution >= 4 is 34.6 Å². The van der Waals surface area contributed by atoms with Crippen LogP contribution < -0.4 is 26.2 Å². The number of halogens is 2. The third-order valence-corrected chi connectivity index (χ3v) is 5.18. The van der Waals surface area contributed by atoms with Crippen LogP contribution in [0.4, 0.5) is 37.5 Å². The zero-order chi connectivity index (χ0) is 24.2. The number of rotatable bonds is 7. The molecule has 1 atom stereocenters. The van der Waals surface area contributed by atoms with Gasteiger partial charge in [0.1, 0.15) is 29.5 Å². The van der Waals surface area contributed by atoms with E-state index < -0.39 is 23.6 Å². The first kappa shape index (κ1) is 22.9. The average Bonchev–Trinajstić information content (AvgIpc) is 3.30. The molecule has 4 rings (SSSR count). The van der Waals surface area contributed by atoms with Crippen molar-refractivity contribution in [1.82, 2.24) is 9.97 Å². The van der Waals surface area contributed by atoms with Gasteiger partial charge in [-0.15, -0.1) is 0 Å². The van der Waals surface area contributed by atoms with Gasteiger partial charge in [0, 0.05) is 30.2 Å². The van der Waals surface area contributed by atoms with Crippen molar-refractivity contribution in [1.29, 1.82) is 0 Å². The number of amides is 1. The number of ether oxygens (including phenoxy) is 1. The van der Waals surface area contributed by atoms with Crippen molar-refractivity contribution in [2.75, 3.05) is 35.1 Å². The van der Waals surface area contributed by atoms with Gasteiger partial charge in [0.05, 0.1) is 36.8 Å². The molecule has 0 radical (unpaired) electrons. The van der Waals surface area contributed by atoms with E-state index in [0.29, 0.717) is 53.0 Å². The van der Waals surface area contributed by atoms with E-state index in [1.807, 2.05) is 0 Å². The van der Waals surface area contributed by atoms with Crippen LogP contribution in [-0.4, -0.2) is 29.6 Å². The second-order valence-corrected chi connectivity index (χ2v) is 7.35. The lowest BCUT2D eigenvalue weighted by Crippen LogP contribution is -2.23. The summed E-state index contributed by atoms with van der Waals surface area (Å²) in [6, 6.07) is 7.72. The lowest BCUT2D eigenvalue weighted by molar-refractivity contribution is -0.111. The van der Waals surface area contributed by atoms with E-state index in [0.717, 1.165) is 12.1 Å². The summed E-state index contributed by atoms with van der Waals surface area (Å²) in [6.07, 6.45) is 2.94. The summed E-state index contributed by atoms with van der Waals surface area (Å²) in [4.78, 5) is 25.9. The fraction of sp³-hybridized carbons (Fsp3) is 0.174. The van der Waals surface area contributed by atoms with Crippen molar-refractivity contribution in [3.8, 4) is 5.75 Å². The number of nitrogens with zero attached hydrogens (tertiary/aromatic N) is 3. The number of methoxy groups -OCH3 is 1. The summed E-state index contributed by atoms with van der Waals surface area (Å²) >= 11 is 0. The first-order chi connectivity index (χ1) is 16.4. The Morgan fingerprint density at radius 3 is 2.82 bits per heavy atom. The molecule has 34 heavy (non-hydrogen) atoms. The fourth-order valence-corrected chi connectivity index (χ4v) is 3.58. The van der Waals surface area contributed by atoms with Crippen molar-refractivity contribution in [2.45, 2.75) is 12.5 Å². The summed E-state index contributed by atoms with van der Waals surface area (Å²) in [5, 5.41) is 7.20. The molecule has 0 bridgehead atoms. The molecule has 11 heteroatoms. The number of carbonyl (C=O) groups is 1. The SMILES string of the molecule is C=CC(=O)Nc1cc(Nc2cc(N3OCC[C@@H]3c3ccc(F)cc3F)ncn2)c(OC)cc1N. The predicted octanol–water partition coefficient (Wildman–Crippen LogP) is 4.10. The third-order valence-electron chi connectivity index (χ3n) is 5.18. The maximum atomic E-state index is 14.4. The van der Waals surface area contributed by atoms with Gasteiger partial charge in [0.15, 0.2) is 5.82 Å². The van der Waals surface area contributed by atoms with E-state index >= 15 is 0 Å². The molecule has 9 nitrogen and oxygen atoms in total. The van der Waals surface area contributed by atoms with Crippen molar-refractivity contribution < 1.29 is 23.1 Å². The monoisotopic (exact) mass is 468 g/mol. The van der Waals surface area contributed by atoms with Gasteiger partial charge in [-0.05, 0) is 18.2 Å². The Labute approximate surface area is 194 Å². The topological polar surface area (TPSA) is 115 Å².